The first kappa shape index (κ1) is 22.5. The molecule has 0 amide bonds. The first-order valence-electron chi connectivity index (χ1n) is 11.0. The molecular formula is C27H22N2O5S. The van der Waals surface area contributed by atoms with Crippen molar-refractivity contribution < 1.29 is 23.1 Å². The van der Waals surface area contributed by atoms with Crippen molar-refractivity contribution in [2.75, 3.05) is 10.9 Å². The molecule has 1 aromatic heterocycles. The van der Waals surface area contributed by atoms with Crippen molar-refractivity contribution in [3.8, 4) is 5.75 Å². The van der Waals surface area contributed by atoms with Crippen LogP contribution in [0.5, 0.6) is 5.75 Å². The summed E-state index contributed by atoms with van der Waals surface area (Å²) in [5.74, 6) is -0.652. The lowest BCUT2D eigenvalue weighted by Gasteiger charge is -2.26. The summed E-state index contributed by atoms with van der Waals surface area (Å²) in [6.07, 6.45) is 0. The average molecular weight is 487 g/mol. The maximum absolute atomic E-state index is 14.2. The number of sulfonamides is 1. The summed E-state index contributed by atoms with van der Waals surface area (Å²) in [4.78, 5) is 16.1. The first-order chi connectivity index (χ1) is 16.9. The van der Waals surface area contributed by atoms with Crippen LogP contribution < -0.4 is 4.31 Å². The van der Waals surface area contributed by atoms with E-state index in [9.17, 15) is 18.3 Å². The molecule has 5 aromatic rings. The van der Waals surface area contributed by atoms with Crippen LogP contribution in [-0.2, 0) is 14.8 Å². The Morgan fingerprint density at radius 3 is 2.20 bits per heavy atom. The molecule has 0 bridgehead atoms. The number of fused-ring (bicyclic) bond motifs is 2. The molecule has 0 aliphatic rings. The van der Waals surface area contributed by atoms with Crippen LogP contribution in [0.4, 0.5) is 11.4 Å². The van der Waals surface area contributed by atoms with E-state index in [1.807, 2.05) is 0 Å². The molecular weight excluding hydrogens is 464 g/mol. The van der Waals surface area contributed by atoms with E-state index < -0.39 is 16.0 Å². The van der Waals surface area contributed by atoms with Crippen LogP contribution in [-0.4, -0.2) is 31.1 Å². The number of rotatable bonds is 6. The molecule has 0 aliphatic carbocycles. The van der Waals surface area contributed by atoms with Gasteiger partial charge in [0.05, 0.1) is 22.9 Å². The molecule has 2 N–H and O–H groups in total. The first-order valence-corrected chi connectivity index (χ1v) is 12.5. The summed E-state index contributed by atoms with van der Waals surface area (Å²) >= 11 is 0. The highest BCUT2D eigenvalue weighted by atomic mass is 32.2. The minimum Gasteiger partial charge on any atom is -0.507 e. The van der Waals surface area contributed by atoms with Gasteiger partial charge in [0.15, 0.2) is 5.69 Å². The molecule has 0 atom stereocenters. The van der Waals surface area contributed by atoms with E-state index in [0.29, 0.717) is 21.7 Å². The molecule has 176 valence electrons. The Balaban J connectivity index is 1.92. The van der Waals surface area contributed by atoms with Gasteiger partial charge in [0.2, 0.25) is 0 Å². The SMILES string of the molecule is CCOC(=O)c1[nH]c2ccccc2c1N(c1ccc(O)c2ccccc12)S(=O)(=O)c1ccccc1. The van der Waals surface area contributed by atoms with E-state index in [4.69, 9.17) is 4.74 Å². The number of phenols is 1. The molecule has 4 aromatic carbocycles. The zero-order valence-electron chi connectivity index (χ0n) is 18.8. The predicted octanol–water partition coefficient (Wildman–Crippen LogP) is 5.73. The summed E-state index contributed by atoms with van der Waals surface area (Å²) in [5.41, 5.74) is 1.04. The molecule has 0 aliphatic heterocycles. The second-order valence-corrected chi connectivity index (χ2v) is 9.63. The third-order valence-electron chi connectivity index (χ3n) is 5.74. The second-order valence-electron chi connectivity index (χ2n) is 7.85. The number of aromatic amines is 1. The highest BCUT2D eigenvalue weighted by Crippen LogP contribution is 2.44. The zero-order chi connectivity index (χ0) is 24.6. The van der Waals surface area contributed by atoms with Crippen molar-refractivity contribution in [2.24, 2.45) is 0 Å². The van der Waals surface area contributed by atoms with E-state index in [-0.39, 0.29) is 34.3 Å². The van der Waals surface area contributed by atoms with Crippen molar-refractivity contribution in [1.29, 1.82) is 0 Å². The smallest absolute Gasteiger partial charge is 0.356 e. The number of carbonyl (C=O) groups excluding carboxylic acids is 1. The van der Waals surface area contributed by atoms with Crippen LogP contribution in [0.25, 0.3) is 21.7 Å². The third kappa shape index (κ3) is 3.77. The number of benzene rings is 4. The maximum atomic E-state index is 14.2. The Labute approximate surface area is 202 Å². The van der Waals surface area contributed by atoms with Crippen LogP contribution in [0.1, 0.15) is 17.4 Å². The number of phenolic OH excluding ortho intramolecular Hbond substituents is 1. The van der Waals surface area contributed by atoms with Gasteiger partial charge in [-0.2, -0.15) is 0 Å². The molecule has 0 radical (unpaired) electrons. The van der Waals surface area contributed by atoms with Crippen LogP contribution in [0.3, 0.4) is 0 Å². The van der Waals surface area contributed by atoms with Gasteiger partial charge in [0, 0.05) is 21.7 Å². The van der Waals surface area contributed by atoms with Crippen LogP contribution in [0.2, 0.25) is 0 Å². The minimum atomic E-state index is -4.22. The van der Waals surface area contributed by atoms with Crippen LogP contribution in [0.15, 0.2) is 95.9 Å². The Kier molecular flexibility index (Phi) is 5.66. The molecule has 0 saturated heterocycles. The van der Waals surface area contributed by atoms with E-state index in [2.05, 4.69) is 4.98 Å². The highest BCUT2D eigenvalue weighted by Gasteiger charge is 2.34. The third-order valence-corrected chi connectivity index (χ3v) is 7.47. The van der Waals surface area contributed by atoms with Crippen molar-refractivity contribution >= 4 is 49.0 Å². The van der Waals surface area contributed by atoms with Gasteiger partial charge < -0.3 is 14.8 Å². The maximum Gasteiger partial charge on any atom is 0.356 e. The van der Waals surface area contributed by atoms with E-state index in [1.165, 1.54) is 24.3 Å². The molecule has 7 nitrogen and oxygen atoms in total. The van der Waals surface area contributed by atoms with Crippen molar-refractivity contribution in [2.45, 2.75) is 11.8 Å². The number of aromatic nitrogens is 1. The number of esters is 1. The molecule has 0 fully saturated rings. The Morgan fingerprint density at radius 1 is 0.857 bits per heavy atom. The lowest BCUT2D eigenvalue weighted by atomic mass is 10.1. The van der Waals surface area contributed by atoms with Gasteiger partial charge in [-0.05, 0) is 37.3 Å². The van der Waals surface area contributed by atoms with Gasteiger partial charge in [-0.1, -0.05) is 60.7 Å². The molecule has 0 unspecified atom stereocenters. The summed E-state index contributed by atoms with van der Waals surface area (Å²) in [5, 5.41) is 12.0. The van der Waals surface area contributed by atoms with E-state index >= 15 is 0 Å². The fraction of sp³-hybridized carbons (Fsp3) is 0.0741. The van der Waals surface area contributed by atoms with Gasteiger partial charge in [-0.3, -0.25) is 0 Å². The second kappa shape index (κ2) is 8.81. The number of nitrogens with zero attached hydrogens (tertiary/aromatic N) is 1. The normalized spacial score (nSPS) is 11.6. The number of aromatic hydroxyl groups is 1. The molecule has 0 saturated carbocycles. The van der Waals surface area contributed by atoms with Crippen LogP contribution >= 0.6 is 0 Å². The topological polar surface area (TPSA) is 99.7 Å². The number of hydrogen-bond donors (Lipinski definition) is 2. The summed E-state index contributed by atoms with van der Waals surface area (Å²) in [7, 11) is -4.22. The zero-order valence-corrected chi connectivity index (χ0v) is 19.6. The Bertz CT molecular complexity index is 1660. The number of nitrogens with one attached hydrogen (secondary N) is 1. The Morgan fingerprint density at radius 2 is 1.49 bits per heavy atom. The summed E-state index contributed by atoms with van der Waals surface area (Å²) in [6.45, 7) is 1.81. The van der Waals surface area contributed by atoms with Gasteiger partial charge >= 0.3 is 5.97 Å². The molecule has 35 heavy (non-hydrogen) atoms. The minimum absolute atomic E-state index is 0.0183. The predicted molar refractivity (Wildman–Crippen MR) is 136 cm³/mol. The van der Waals surface area contributed by atoms with Crippen molar-refractivity contribution in [3.63, 3.8) is 0 Å². The van der Waals surface area contributed by atoms with Gasteiger partial charge in [0.25, 0.3) is 10.0 Å². The number of anilines is 2. The molecule has 8 heteroatoms. The van der Waals surface area contributed by atoms with Crippen molar-refractivity contribution in [3.05, 3.63) is 96.7 Å². The van der Waals surface area contributed by atoms with Crippen molar-refractivity contribution in [1.82, 2.24) is 4.98 Å². The fourth-order valence-corrected chi connectivity index (χ4v) is 5.76. The number of carbonyl (C=O) groups is 1. The average Bonchev–Trinajstić information content (AvgIpc) is 3.26. The quantitative estimate of drug-likeness (QED) is 0.299. The lowest BCUT2D eigenvalue weighted by Crippen LogP contribution is -2.28. The molecule has 1 heterocycles. The Hall–Kier alpha value is -4.30. The number of H-pyrrole nitrogens is 1. The van der Waals surface area contributed by atoms with E-state index in [1.54, 1.807) is 73.7 Å². The highest BCUT2D eigenvalue weighted by molar-refractivity contribution is 7.93. The van der Waals surface area contributed by atoms with Gasteiger partial charge in [-0.25, -0.2) is 17.5 Å². The van der Waals surface area contributed by atoms with Gasteiger partial charge in [0.1, 0.15) is 5.75 Å². The summed E-state index contributed by atoms with van der Waals surface area (Å²) < 4.78 is 34.9. The molecule has 5 rings (SSSR count). The number of para-hydroxylation sites is 1. The van der Waals surface area contributed by atoms with Crippen LogP contribution in [0, 0.1) is 0 Å². The van der Waals surface area contributed by atoms with Gasteiger partial charge in [-0.15, -0.1) is 0 Å². The number of hydrogen-bond acceptors (Lipinski definition) is 5. The largest absolute Gasteiger partial charge is 0.507 e. The fourth-order valence-electron chi connectivity index (χ4n) is 4.20. The monoisotopic (exact) mass is 486 g/mol. The number of ether oxygens (including phenoxy) is 1. The lowest BCUT2D eigenvalue weighted by molar-refractivity contribution is 0.0521. The van der Waals surface area contributed by atoms with E-state index in [0.717, 1.165) is 4.31 Å². The molecule has 0 spiro atoms. The standard InChI is InChI=1S/C27H22N2O5S/c1-2-34-27(31)25-26(21-14-8-9-15-22(21)28-25)29(35(32,33)18-10-4-3-5-11-18)23-16-17-24(30)20-13-7-6-12-19(20)23/h3-17,28,30H,2H2,1H3. The summed E-state index contributed by atoms with van der Waals surface area (Å²) in [6, 6.07) is 25.1.